The summed E-state index contributed by atoms with van der Waals surface area (Å²) in [4.78, 5) is 10.9. The van der Waals surface area contributed by atoms with Crippen molar-refractivity contribution in [3.63, 3.8) is 0 Å². The monoisotopic (exact) mass is 232 g/mol. The number of aliphatic hydroxyl groups excluding tert-OH is 1. The highest BCUT2D eigenvalue weighted by atomic mass is 79.9. The van der Waals surface area contributed by atoms with Gasteiger partial charge in [0.25, 0.3) is 0 Å². The van der Waals surface area contributed by atoms with Crippen molar-refractivity contribution >= 4 is 21.7 Å². The summed E-state index contributed by atoms with van der Waals surface area (Å²) in [7, 11) is 0. The molecule has 1 rings (SSSR count). The highest BCUT2D eigenvalue weighted by Gasteiger charge is 2.06. The summed E-state index contributed by atoms with van der Waals surface area (Å²) in [6.07, 6.45) is 0. The van der Waals surface area contributed by atoms with E-state index in [1.54, 1.807) is 0 Å². The Labute approximate surface area is 77.2 Å². The summed E-state index contributed by atoms with van der Waals surface area (Å²) in [5, 5.41) is 8.49. The van der Waals surface area contributed by atoms with Crippen LogP contribution < -0.4 is 0 Å². The molecule has 64 valence electrons. The summed E-state index contributed by atoms with van der Waals surface area (Å²) >= 11 is 2.93. The largest absolute Gasteiger partial charge is 0.388 e. The molecule has 1 N–H and O–H groups in total. The first-order valence-corrected chi connectivity index (χ1v) is 4.03. The highest BCUT2D eigenvalue weighted by Crippen LogP contribution is 2.16. The summed E-state index contributed by atoms with van der Waals surface area (Å²) in [6, 6.07) is 3.85. The zero-order chi connectivity index (χ0) is 9.14. The van der Waals surface area contributed by atoms with E-state index in [1.807, 2.05) is 0 Å². The lowest BCUT2D eigenvalue weighted by molar-refractivity contribution is 0.0903. The first-order chi connectivity index (χ1) is 5.65. The Balaban J connectivity index is 3.05. The molecular weight excluding hydrogens is 227 g/mol. The number of carbonyl (C=O) groups excluding carboxylic acids is 1. The third kappa shape index (κ3) is 1.89. The molecule has 0 radical (unpaired) electrons. The fourth-order valence-corrected chi connectivity index (χ4v) is 1.14. The number of hydrogen-bond acceptors (Lipinski definition) is 2. The van der Waals surface area contributed by atoms with E-state index < -0.39 is 18.2 Å². The second kappa shape index (κ2) is 3.78. The van der Waals surface area contributed by atoms with Crippen molar-refractivity contribution in [1.29, 1.82) is 0 Å². The van der Waals surface area contributed by atoms with Gasteiger partial charge in [-0.3, -0.25) is 4.79 Å². The van der Waals surface area contributed by atoms with Crippen LogP contribution in [0, 0.1) is 5.82 Å². The number of aliphatic hydroxyl groups is 1. The van der Waals surface area contributed by atoms with Gasteiger partial charge >= 0.3 is 0 Å². The smallest absolute Gasteiger partial charge is 0.188 e. The van der Waals surface area contributed by atoms with Crippen LogP contribution in [0.2, 0.25) is 0 Å². The fourth-order valence-electron chi connectivity index (χ4n) is 0.761. The molecule has 0 heterocycles. The molecule has 2 nitrogen and oxygen atoms in total. The van der Waals surface area contributed by atoms with Crippen molar-refractivity contribution in [3.8, 4) is 0 Å². The van der Waals surface area contributed by atoms with Gasteiger partial charge in [-0.1, -0.05) is 0 Å². The Morgan fingerprint density at radius 3 is 2.75 bits per heavy atom. The molecule has 4 heteroatoms. The number of carbonyl (C=O) groups is 1. The molecule has 12 heavy (non-hydrogen) atoms. The maximum absolute atomic E-state index is 12.6. The van der Waals surface area contributed by atoms with Gasteiger partial charge in [0, 0.05) is 5.56 Å². The molecule has 1 aromatic carbocycles. The molecule has 0 spiro atoms. The fraction of sp³-hybridized carbons (Fsp3) is 0.125. The van der Waals surface area contributed by atoms with Crippen LogP contribution in [-0.2, 0) is 0 Å². The molecular formula is C8H6BrFO2. The first-order valence-electron chi connectivity index (χ1n) is 3.24. The van der Waals surface area contributed by atoms with Crippen LogP contribution in [0.15, 0.2) is 22.7 Å². The minimum atomic E-state index is -0.557. The molecule has 0 aliphatic carbocycles. The van der Waals surface area contributed by atoms with Crippen LogP contribution in [0.5, 0.6) is 0 Å². The van der Waals surface area contributed by atoms with Crippen molar-refractivity contribution in [2.24, 2.45) is 0 Å². The summed E-state index contributed by atoms with van der Waals surface area (Å²) in [6.45, 7) is -0.557. The van der Waals surface area contributed by atoms with Gasteiger partial charge in [0.1, 0.15) is 12.4 Å². The second-order valence-corrected chi connectivity index (χ2v) is 3.06. The second-order valence-electron chi connectivity index (χ2n) is 2.21. The van der Waals surface area contributed by atoms with Gasteiger partial charge in [0.05, 0.1) is 4.47 Å². The normalized spacial score (nSPS) is 9.92. The predicted octanol–water partition coefficient (Wildman–Crippen LogP) is 1.76. The molecule has 0 atom stereocenters. The van der Waals surface area contributed by atoms with Gasteiger partial charge in [-0.25, -0.2) is 4.39 Å². The number of ketones is 1. The van der Waals surface area contributed by atoms with E-state index in [0.29, 0.717) is 5.56 Å². The minimum Gasteiger partial charge on any atom is -0.388 e. The number of rotatable bonds is 2. The van der Waals surface area contributed by atoms with Gasteiger partial charge < -0.3 is 5.11 Å². The van der Waals surface area contributed by atoms with Crippen molar-refractivity contribution in [2.45, 2.75) is 0 Å². The highest BCUT2D eigenvalue weighted by molar-refractivity contribution is 9.10. The molecule has 0 fully saturated rings. The van der Waals surface area contributed by atoms with Gasteiger partial charge in [-0.15, -0.1) is 0 Å². The van der Waals surface area contributed by atoms with Crippen molar-refractivity contribution in [2.75, 3.05) is 6.61 Å². The maximum atomic E-state index is 12.6. The Morgan fingerprint density at radius 1 is 1.58 bits per heavy atom. The number of halogens is 2. The van der Waals surface area contributed by atoms with E-state index >= 15 is 0 Å². The lowest BCUT2D eigenvalue weighted by atomic mass is 10.1. The average Bonchev–Trinajstić information content (AvgIpc) is 2.08. The number of hydrogen-bond donors (Lipinski definition) is 1. The molecule has 0 amide bonds. The van der Waals surface area contributed by atoms with E-state index in [0.717, 1.165) is 0 Å². The molecule has 0 aromatic heterocycles. The number of benzene rings is 1. The van der Waals surface area contributed by atoms with E-state index in [2.05, 4.69) is 15.9 Å². The van der Waals surface area contributed by atoms with Crippen LogP contribution >= 0.6 is 15.9 Å². The third-order valence-corrected chi connectivity index (χ3v) is 1.99. The summed E-state index contributed by atoms with van der Waals surface area (Å²) in [5.74, 6) is -0.847. The SMILES string of the molecule is O=C(CO)c1ccc(F)c(Br)c1. The lowest BCUT2D eigenvalue weighted by Gasteiger charge is -1.98. The zero-order valence-corrected chi connectivity index (χ0v) is 7.64. The molecule has 0 saturated heterocycles. The molecule has 0 unspecified atom stereocenters. The van der Waals surface area contributed by atoms with E-state index in [9.17, 15) is 9.18 Å². The van der Waals surface area contributed by atoms with E-state index in [-0.39, 0.29) is 4.47 Å². The molecule has 0 saturated carbocycles. The third-order valence-electron chi connectivity index (χ3n) is 1.39. The van der Waals surface area contributed by atoms with Crippen LogP contribution in [0.25, 0.3) is 0 Å². The Morgan fingerprint density at radius 2 is 2.25 bits per heavy atom. The van der Waals surface area contributed by atoms with Gasteiger partial charge in [0.2, 0.25) is 0 Å². The molecule has 0 aliphatic rings. The topological polar surface area (TPSA) is 37.3 Å². The maximum Gasteiger partial charge on any atom is 0.188 e. The van der Waals surface area contributed by atoms with E-state index in [4.69, 9.17) is 5.11 Å². The van der Waals surface area contributed by atoms with Gasteiger partial charge in [-0.2, -0.15) is 0 Å². The van der Waals surface area contributed by atoms with Crippen LogP contribution in [0.1, 0.15) is 10.4 Å². The zero-order valence-electron chi connectivity index (χ0n) is 6.05. The molecule has 0 bridgehead atoms. The first kappa shape index (κ1) is 9.35. The van der Waals surface area contributed by atoms with E-state index in [1.165, 1.54) is 18.2 Å². The summed E-state index contributed by atoms with van der Waals surface area (Å²) in [5.41, 5.74) is 0.297. The number of Topliss-reactive ketones (excluding diaryl/α,β-unsaturated/α-hetero) is 1. The van der Waals surface area contributed by atoms with Crippen LogP contribution in [0.3, 0.4) is 0 Å². The Bertz CT molecular complexity index is 312. The Hall–Kier alpha value is -0.740. The molecule has 1 aromatic rings. The Kier molecular flexibility index (Phi) is 2.94. The minimum absolute atomic E-state index is 0.224. The van der Waals surface area contributed by atoms with Crippen molar-refractivity contribution in [3.05, 3.63) is 34.1 Å². The quantitative estimate of drug-likeness (QED) is 0.790. The van der Waals surface area contributed by atoms with Gasteiger partial charge in [-0.05, 0) is 34.1 Å². The molecule has 0 aliphatic heterocycles. The van der Waals surface area contributed by atoms with Gasteiger partial charge in [0.15, 0.2) is 5.78 Å². The lowest BCUT2D eigenvalue weighted by Crippen LogP contribution is -2.04. The van der Waals surface area contributed by atoms with Crippen molar-refractivity contribution < 1.29 is 14.3 Å². The van der Waals surface area contributed by atoms with Crippen molar-refractivity contribution in [1.82, 2.24) is 0 Å². The standard InChI is InChI=1S/C8H6BrFO2/c9-6-3-5(8(12)4-11)1-2-7(6)10/h1-3,11H,4H2. The van der Waals surface area contributed by atoms with Crippen LogP contribution in [-0.4, -0.2) is 17.5 Å². The average molecular weight is 233 g/mol. The summed E-state index contributed by atoms with van der Waals surface area (Å²) < 4.78 is 12.9. The predicted molar refractivity (Wildman–Crippen MR) is 45.5 cm³/mol. The van der Waals surface area contributed by atoms with Crippen LogP contribution in [0.4, 0.5) is 4.39 Å².